The summed E-state index contributed by atoms with van der Waals surface area (Å²) in [6.07, 6.45) is 2.00. The van der Waals surface area contributed by atoms with Crippen LogP contribution in [0.25, 0.3) is 0 Å². The number of ketones is 2. The second-order valence-corrected chi connectivity index (χ2v) is 5.77. The van der Waals surface area contributed by atoms with Gasteiger partial charge in [-0.05, 0) is 24.5 Å². The van der Waals surface area contributed by atoms with Crippen LogP contribution in [0.4, 0.5) is 5.69 Å². The van der Waals surface area contributed by atoms with Crippen LogP contribution in [0, 0.1) is 5.92 Å². The lowest BCUT2D eigenvalue weighted by Gasteiger charge is -2.15. The number of nitrogens with zero attached hydrogens (tertiary/aromatic N) is 1. The Kier molecular flexibility index (Phi) is 3.63. The van der Waals surface area contributed by atoms with Gasteiger partial charge in [0.25, 0.3) is 0 Å². The van der Waals surface area contributed by atoms with Crippen molar-refractivity contribution in [1.82, 2.24) is 10.2 Å². The lowest BCUT2D eigenvalue weighted by molar-refractivity contribution is 0.0982. The molecule has 3 rings (SSSR count). The Bertz CT molecular complexity index is 757. The lowest BCUT2D eigenvalue weighted by Crippen LogP contribution is -2.22. The van der Waals surface area contributed by atoms with Crippen molar-refractivity contribution < 1.29 is 9.59 Å². The fraction of sp³-hybridized carbons (Fsp3) is 0.235. The number of allylic oxidation sites excluding steroid dienone is 2. The van der Waals surface area contributed by atoms with Crippen LogP contribution < -0.4 is 5.32 Å². The standard InChI is InChI=1S/C17H17N3O2/c1-10(2)8-12-15-16(20-19-12)14(21)9-13(17(15)22)18-11-6-4-3-5-7-11/h3-7,9-10,18H,8H2,1-2H3,(H,19,20). The summed E-state index contributed by atoms with van der Waals surface area (Å²) in [7, 11) is 0. The van der Waals surface area contributed by atoms with Gasteiger partial charge in [0.15, 0.2) is 0 Å². The van der Waals surface area contributed by atoms with Gasteiger partial charge in [-0.3, -0.25) is 14.7 Å². The van der Waals surface area contributed by atoms with Gasteiger partial charge in [0.05, 0.1) is 11.3 Å². The molecule has 0 fully saturated rings. The van der Waals surface area contributed by atoms with Gasteiger partial charge in [-0.1, -0.05) is 32.0 Å². The first kappa shape index (κ1) is 14.3. The minimum Gasteiger partial charge on any atom is -0.352 e. The number of para-hydroxylation sites is 1. The van der Waals surface area contributed by atoms with Crippen molar-refractivity contribution in [3.8, 4) is 0 Å². The summed E-state index contributed by atoms with van der Waals surface area (Å²) < 4.78 is 0. The molecule has 112 valence electrons. The quantitative estimate of drug-likeness (QED) is 0.909. The molecule has 1 aromatic heterocycles. The summed E-state index contributed by atoms with van der Waals surface area (Å²) in [6, 6.07) is 9.32. The minimum absolute atomic E-state index is 0.192. The summed E-state index contributed by atoms with van der Waals surface area (Å²) in [4.78, 5) is 24.9. The second kappa shape index (κ2) is 5.60. The smallest absolute Gasteiger partial charge is 0.213 e. The first-order valence-electron chi connectivity index (χ1n) is 7.26. The summed E-state index contributed by atoms with van der Waals surface area (Å²) in [5.41, 5.74) is 2.41. The molecule has 0 radical (unpaired) electrons. The Labute approximate surface area is 128 Å². The largest absolute Gasteiger partial charge is 0.352 e. The van der Waals surface area contributed by atoms with Gasteiger partial charge in [-0.2, -0.15) is 5.10 Å². The molecule has 22 heavy (non-hydrogen) atoms. The third-order valence-electron chi connectivity index (χ3n) is 3.49. The maximum Gasteiger partial charge on any atom is 0.213 e. The van der Waals surface area contributed by atoms with Crippen molar-refractivity contribution in [2.75, 3.05) is 5.32 Å². The molecular weight excluding hydrogens is 278 g/mol. The monoisotopic (exact) mass is 295 g/mol. The van der Waals surface area contributed by atoms with Crippen molar-refractivity contribution in [2.24, 2.45) is 5.92 Å². The van der Waals surface area contributed by atoms with E-state index in [-0.39, 0.29) is 23.0 Å². The molecule has 5 heteroatoms. The molecular formula is C17H17N3O2. The molecule has 1 aromatic carbocycles. The van der Waals surface area contributed by atoms with E-state index in [1.165, 1.54) is 6.08 Å². The van der Waals surface area contributed by atoms with Crippen molar-refractivity contribution >= 4 is 17.3 Å². The van der Waals surface area contributed by atoms with E-state index in [9.17, 15) is 9.59 Å². The summed E-state index contributed by atoms with van der Waals surface area (Å²) in [5.74, 6) is -0.0777. The fourth-order valence-electron chi connectivity index (χ4n) is 2.53. The van der Waals surface area contributed by atoms with Crippen LogP contribution in [-0.4, -0.2) is 21.8 Å². The molecule has 2 aromatic rings. The van der Waals surface area contributed by atoms with Crippen LogP contribution in [0.5, 0.6) is 0 Å². The molecule has 0 aliphatic heterocycles. The van der Waals surface area contributed by atoms with Gasteiger partial charge in [-0.25, -0.2) is 0 Å². The van der Waals surface area contributed by atoms with Crippen molar-refractivity contribution in [3.05, 3.63) is 59.1 Å². The van der Waals surface area contributed by atoms with E-state index < -0.39 is 0 Å². The van der Waals surface area contributed by atoms with Crippen LogP contribution in [0.3, 0.4) is 0 Å². The van der Waals surface area contributed by atoms with Gasteiger partial charge in [0.1, 0.15) is 5.69 Å². The highest BCUT2D eigenvalue weighted by Crippen LogP contribution is 2.25. The van der Waals surface area contributed by atoms with Crippen LogP contribution in [0.2, 0.25) is 0 Å². The third kappa shape index (κ3) is 2.57. The number of anilines is 1. The van der Waals surface area contributed by atoms with Crippen LogP contribution in [0.1, 0.15) is 40.4 Å². The zero-order valence-corrected chi connectivity index (χ0v) is 12.5. The number of hydrogen-bond acceptors (Lipinski definition) is 4. The minimum atomic E-state index is -0.251. The van der Waals surface area contributed by atoms with E-state index >= 15 is 0 Å². The van der Waals surface area contributed by atoms with Gasteiger partial charge in [-0.15, -0.1) is 0 Å². The second-order valence-electron chi connectivity index (χ2n) is 5.77. The molecule has 1 aliphatic rings. The average Bonchev–Trinajstić information content (AvgIpc) is 2.89. The van der Waals surface area contributed by atoms with Crippen molar-refractivity contribution in [1.29, 1.82) is 0 Å². The normalized spacial score (nSPS) is 14.0. The number of benzene rings is 1. The number of nitrogens with one attached hydrogen (secondary N) is 2. The van der Waals surface area contributed by atoms with Gasteiger partial charge >= 0.3 is 0 Å². The number of fused-ring (bicyclic) bond motifs is 1. The lowest BCUT2D eigenvalue weighted by atomic mass is 9.93. The maximum absolute atomic E-state index is 12.7. The van der Waals surface area contributed by atoms with E-state index in [2.05, 4.69) is 29.4 Å². The molecule has 0 spiro atoms. The molecule has 0 saturated carbocycles. The molecule has 2 N–H and O–H groups in total. The highest BCUT2D eigenvalue weighted by Gasteiger charge is 2.31. The van der Waals surface area contributed by atoms with Gasteiger partial charge in [0, 0.05) is 17.5 Å². The first-order valence-corrected chi connectivity index (χ1v) is 7.26. The molecule has 0 saturated heterocycles. The molecule has 0 unspecified atom stereocenters. The van der Waals surface area contributed by atoms with E-state index in [1.807, 2.05) is 30.3 Å². The molecule has 0 atom stereocenters. The van der Waals surface area contributed by atoms with E-state index in [0.29, 0.717) is 17.9 Å². The average molecular weight is 295 g/mol. The Hall–Kier alpha value is -2.69. The molecule has 0 amide bonds. The number of hydrogen-bond donors (Lipinski definition) is 2. The van der Waals surface area contributed by atoms with E-state index in [4.69, 9.17) is 0 Å². The van der Waals surface area contributed by atoms with E-state index in [1.54, 1.807) is 0 Å². The number of Topliss-reactive ketones (excluding diaryl/α,β-unsaturated/α-hetero) is 1. The highest BCUT2D eigenvalue weighted by molar-refractivity contribution is 6.25. The molecule has 5 nitrogen and oxygen atoms in total. The maximum atomic E-state index is 12.7. The van der Waals surface area contributed by atoms with Gasteiger partial charge in [0.2, 0.25) is 11.6 Å². The summed E-state index contributed by atoms with van der Waals surface area (Å²) in [5, 5.41) is 9.88. The Morgan fingerprint density at radius 2 is 1.91 bits per heavy atom. The zero-order chi connectivity index (χ0) is 15.7. The van der Waals surface area contributed by atoms with Gasteiger partial charge < -0.3 is 5.32 Å². The highest BCUT2D eigenvalue weighted by atomic mass is 16.1. The summed E-state index contributed by atoms with van der Waals surface area (Å²) in [6.45, 7) is 4.11. The number of carbonyl (C=O) groups is 2. The van der Waals surface area contributed by atoms with Crippen molar-refractivity contribution in [3.63, 3.8) is 0 Å². The van der Waals surface area contributed by atoms with Crippen LogP contribution >= 0.6 is 0 Å². The first-order chi connectivity index (χ1) is 10.6. The topological polar surface area (TPSA) is 74.8 Å². The number of aromatic nitrogens is 2. The zero-order valence-electron chi connectivity index (χ0n) is 12.5. The van der Waals surface area contributed by atoms with Crippen LogP contribution in [0.15, 0.2) is 42.1 Å². The summed E-state index contributed by atoms with van der Waals surface area (Å²) >= 11 is 0. The predicted molar refractivity (Wildman–Crippen MR) is 83.9 cm³/mol. The number of aromatic amines is 1. The number of H-pyrrole nitrogens is 1. The molecule has 1 heterocycles. The third-order valence-corrected chi connectivity index (χ3v) is 3.49. The Balaban J connectivity index is 1.95. The van der Waals surface area contributed by atoms with Crippen LogP contribution in [-0.2, 0) is 6.42 Å². The fourth-order valence-corrected chi connectivity index (χ4v) is 2.53. The Morgan fingerprint density at radius 1 is 1.18 bits per heavy atom. The SMILES string of the molecule is CC(C)Cc1[nH]nc2c1C(=O)C(Nc1ccccc1)=CC2=O. The predicted octanol–water partition coefficient (Wildman–Crippen LogP) is 2.98. The number of rotatable bonds is 4. The molecule has 0 bridgehead atoms. The Morgan fingerprint density at radius 3 is 2.59 bits per heavy atom. The van der Waals surface area contributed by atoms with Crippen molar-refractivity contribution in [2.45, 2.75) is 20.3 Å². The molecule has 1 aliphatic carbocycles. The van der Waals surface area contributed by atoms with E-state index in [0.717, 1.165) is 11.4 Å². The number of carbonyl (C=O) groups excluding carboxylic acids is 2.